The molecular formula is C12H20FNO. The lowest BCUT2D eigenvalue weighted by Gasteiger charge is -2.13. The van der Waals surface area contributed by atoms with Crippen LogP contribution in [0.25, 0.3) is 0 Å². The summed E-state index contributed by atoms with van der Waals surface area (Å²) >= 11 is 0. The van der Waals surface area contributed by atoms with Gasteiger partial charge in [0, 0.05) is 11.8 Å². The van der Waals surface area contributed by atoms with E-state index in [1.54, 1.807) is 13.0 Å². The lowest BCUT2D eigenvalue weighted by atomic mass is 10.2. The van der Waals surface area contributed by atoms with E-state index in [1.807, 2.05) is 27.7 Å². The van der Waals surface area contributed by atoms with E-state index >= 15 is 0 Å². The Labute approximate surface area is 91.2 Å². The Balaban J connectivity index is 0.000000921. The number of halogens is 1. The topological polar surface area (TPSA) is 35.2 Å². The third-order valence-corrected chi connectivity index (χ3v) is 1.61. The quantitative estimate of drug-likeness (QED) is 0.763. The average Bonchev–Trinajstić information content (AvgIpc) is 2.14. The summed E-state index contributed by atoms with van der Waals surface area (Å²) in [4.78, 5) is 0. The average molecular weight is 213 g/mol. The van der Waals surface area contributed by atoms with Crippen LogP contribution in [-0.2, 0) is 0 Å². The number of ether oxygens (including phenoxy) is 1. The maximum atomic E-state index is 13.3. The second-order valence-corrected chi connectivity index (χ2v) is 3.32. The molecule has 0 fully saturated rings. The molecular weight excluding hydrogens is 193 g/mol. The van der Waals surface area contributed by atoms with E-state index in [9.17, 15) is 4.39 Å². The first-order valence-corrected chi connectivity index (χ1v) is 5.23. The number of rotatable bonds is 2. The zero-order valence-electron chi connectivity index (χ0n) is 10.1. The molecule has 0 aromatic heterocycles. The van der Waals surface area contributed by atoms with Crippen LogP contribution in [-0.4, -0.2) is 6.10 Å². The molecule has 0 aliphatic rings. The van der Waals surface area contributed by atoms with Gasteiger partial charge in [0.25, 0.3) is 0 Å². The number of aryl methyl sites for hydroxylation is 1. The summed E-state index contributed by atoms with van der Waals surface area (Å²) in [6.45, 7) is 9.49. The second kappa shape index (κ2) is 6.27. The van der Waals surface area contributed by atoms with E-state index in [2.05, 4.69) is 0 Å². The Morgan fingerprint density at radius 2 is 1.80 bits per heavy atom. The normalized spacial score (nSPS) is 9.53. The lowest BCUT2D eigenvalue weighted by Crippen LogP contribution is -2.08. The fourth-order valence-corrected chi connectivity index (χ4v) is 1.14. The highest BCUT2D eigenvalue weighted by atomic mass is 19.1. The van der Waals surface area contributed by atoms with Crippen LogP contribution >= 0.6 is 0 Å². The summed E-state index contributed by atoms with van der Waals surface area (Å²) < 4.78 is 18.6. The third kappa shape index (κ3) is 4.19. The van der Waals surface area contributed by atoms with Crippen LogP contribution in [0, 0.1) is 12.7 Å². The molecule has 0 aliphatic carbocycles. The molecule has 86 valence electrons. The van der Waals surface area contributed by atoms with Gasteiger partial charge in [-0.2, -0.15) is 0 Å². The summed E-state index contributed by atoms with van der Waals surface area (Å²) in [7, 11) is 0. The van der Waals surface area contributed by atoms with Crippen molar-refractivity contribution in [2.75, 3.05) is 5.73 Å². The number of nitrogen functional groups attached to an aromatic ring is 1. The fraction of sp³-hybridized carbons (Fsp3) is 0.500. The highest BCUT2D eigenvalue weighted by Crippen LogP contribution is 2.25. The van der Waals surface area contributed by atoms with Crippen LogP contribution < -0.4 is 10.5 Å². The Kier molecular flexibility index (Phi) is 5.75. The van der Waals surface area contributed by atoms with Crippen LogP contribution in [0.1, 0.15) is 33.3 Å². The zero-order valence-corrected chi connectivity index (χ0v) is 10.1. The van der Waals surface area contributed by atoms with Crippen molar-refractivity contribution in [2.24, 2.45) is 0 Å². The van der Waals surface area contributed by atoms with Gasteiger partial charge in [-0.25, -0.2) is 4.39 Å². The molecule has 1 rings (SSSR count). The molecule has 0 spiro atoms. The molecule has 0 amide bonds. The predicted octanol–water partition coefficient (Wildman–Crippen LogP) is 3.53. The van der Waals surface area contributed by atoms with Gasteiger partial charge in [-0.3, -0.25) is 0 Å². The molecule has 0 saturated heterocycles. The van der Waals surface area contributed by atoms with Gasteiger partial charge in [-0.05, 0) is 32.4 Å². The standard InChI is InChI=1S/C10H14FNO.C2H6/c1-6(2)13-10-7(3)4-8(12)5-9(10)11;1-2/h4-6H,12H2,1-3H3;1-2H3. The molecule has 1 aromatic carbocycles. The molecule has 0 saturated carbocycles. The Hall–Kier alpha value is -1.25. The van der Waals surface area contributed by atoms with Crippen molar-refractivity contribution in [1.29, 1.82) is 0 Å². The number of benzene rings is 1. The molecule has 0 aliphatic heterocycles. The minimum Gasteiger partial charge on any atom is -0.488 e. The van der Waals surface area contributed by atoms with Crippen molar-refractivity contribution in [2.45, 2.75) is 40.7 Å². The first-order valence-electron chi connectivity index (χ1n) is 5.23. The minimum absolute atomic E-state index is 0.0307. The first kappa shape index (κ1) is 13.8. The summed E-state index contributed by atoms with van der Waals surface area (Å²) in [5.41, 5.74) is 6.61. The van der Waals surface area contributed by atoms with Gasteiger partial charge >= 0.3 is 0 Å². The molecule has 0 unspecified atom stereocenters. The highest BCUT2D eigenvalue weighted by molar-refractivity contribution is 5.48. The summed E-state index contributed by atoms with van der Waals surface area (Å²) in [5, 5.41) is 0. The monoisotopic (exact) mass is 213 g/mol. The fourth-order valence-electron chi connectivity index (χ4n) is 1.14. The van der Waals surface area contributed by atoms with E-state index < -0.39 is 5.82 Å². The van der Waals surface area contributed by atoms with Crippen LogP contribution in [0.15, 0.2) is 12.1 Å². The number of hydrogen-bond acceptors (Lipinski definition) is 2. The minimum atomic E-state index is -0.397. The molecule has 0 radical (unpaired) electrons. The van der Waals surface area contributed by atoms with E-state index in [1.165, 1.54) is 6.07 Å². The van der Waals surface area contributed by atoms with E-state index in [0.717, 1.165) is 5.56 Å². The number of hydrogen-bond donors (Lipinski definition) is 1. The summed E-state index contributed by atoms with van der Waals surface area (Å²) in [5.74, 6) is -0.101. The summed E-state index contributed by atoms with van der Waals surface area (Å²) in [6, 6.07) is 2.96. The Morgan fingerprint density at radius 3 is 2.20 bits per heavy atom. The molecule has 0 bridgehead atoms. The van der Waals surface area contributed by atoms with Crippen molar-refractivity contribution >= 4 is 5.69 Å². The SMILES string of the molecule is CC.Cc1cc(N)cc(F)c1OC(C)C. The van der Waals surface area contributed by atoms with Crippen molar-refractivity contribution in [1.82, 2.24) is 0 Å². The maximum absolute atomic E-state index is 13.3. The van der Waals surface area contributed by atoms with Crippen LogP contribution in [0.5, 0.6) is 5.75 Å². The molecule has 15 heavy (non-hydrogen) atoms. The number of nitrogens with two attached hydrogens (primary N) is 1. The molecule has 2 N–H and O–H groups in total. The molecule has 0 atom stereocenters. The zero-order chi connectivity index (χ0) is 12.0. The maximum Gasteiger partial charge on any atom is 0.167 e. The Morgan fingerprint density at radius 1 is 1.27 bits per heavy atom. The molecule has 2 nitrogen and oxygen atoms in total. The Bertz CT molecular complexity index is 287. The van der Waals surface area contributed by atoms with Gasteiger partial charge in [0.1, 0.15) is 0 Å². The third-order valence-electron chi connectivity index (χ3n) is 1.61. The molecule has 3 heteroatoms. The van der Waals surface area contributed by atoms with Gasteiger partial charge in [0.2, 0.25) is 0 Å². The largest absolute Gasteiger partial charge is 0.488 e. The van der Waals surface area contributed by atoms with Crippen molar-refractivity contribution in [3.63, 3.8) is 0 Å². The van der Waals surface area contributed by atoms with Gasteiger partial charge in [0.15, 0.2) is 11.6 Å². The van der Waals surface area contributed by atoms with Crippen LogP contribution in [0.3, 0.4) is 0 Å². The van der Waals surface area contributed by atoms with Crippen molar-refractivity contribution in [3.8, 4) is 5.75 Å². The predicted molar refractivity (Wildman–Crippen MR) is 62.7 cm³/mol. The van der Waals surface area contributed by atoms with E-state index in [4.69, 9.17) is 10.5 Å². The molecule has 0 heterocycles. The number of anilines is 1. The van der Waals surface area contributed by atoms with Gasteiger partial charge in [0.05, 0.1) is 6.10 Å². The smallest absolute Gasteiger partial charge is 0.167 e. The van der Waals surface area contributed by atoms with E-state index in [-0.39, 0.29) is 6.10 Å². The van der Waals surface area contributed by atoms with E-state index in [0.29, 0.717) is 11.4 Å². The van der Waals surface area contributed by atoms with Crippen molar-refractivity contribution < 1.29 is 9.13 Å². The van der Waals surface area contributed by atoms with Gasteiger partial charge < -0.3 is 10.5 Å². The van der Waals surface area contributed by atoms with Crippen LogP contribution in [0.2, 0.25) is 0 Å². The van der Waals surface area contributed by atoms with Crippen molar-refractivity contribution in [3.05, 3.63) is 23.5 Å². The second-order valence-electron chi connectivity index (χ2n) is 3.32. The van der Waals surface area contributed by atoms with Gasteiger partial charge in [-0.15, -0.1) is 0 Å². The lowest BCUT2D eigenvalue weighted by molar-refractivity contribution is 0.229. The summed E-state index contributed by atoms with van der Waals surface area (Å²) in [6.07, 6.45) is -0.0307. The molecule has 1 aromatic rings. The van der Waals surface area contributed by atoms with Crippen LogP contribution in [0.4, 0.5) is 10.1 Å². The van der Waals surface area contributed by atoms with Gasteiger partial charge in [-0.1, -0.05) is 13.8 Å². The highest BCUT2D eigenvalue weighted by Gasteiger charge is 2.09. The first-order chi connectivity index (χ1) is 7.00.